The van der Waals surface area contributed by atoms with Crippen LogP contribution in [0.25, 0.3) is 0 Å². The topological polar surface area (TPSA) is 43.8 Å². The molecule has 0 unspecified atom stereocenters. The van der Waals surface area contributed by atoms with Gasteiger partial charge < -0.3 is 5.73 Å². The Labute approximate surface area is 89.5 Å². The fraction of sp³-hybridized carbons (Fsp3) is 0.250. The molecule has 0 amide bonds. The quantitative estimate of drug-likeness (QED) is 0.823. The van der Waals surface area contributed by atoms with Crippen molar-refractivity contribution in [3.05, 3.63) is 48.3 Å². The summed E-state index contributed by atoms with van der Waals surface area (Å²) in [7, 11) is 0. The smallest absolute Gasteiger partial charge is 0.0719 e. The van der Waals surface area contributed by atoms with Crippen molar-refractivity contribution in [2.24, 2.45) is 0 Å². The molecule has 3 nitrogen and oxygen atoms in total. The number of aromatic nitrogens is 2. The molecule has 0 aliphatic carbocycles. The number of hydrogen-bond donors (Lipinski definition) is 1. The first-order chi connectivity index (χ1) is 7.34. The zero-order chi connectivity index (χ0) is 10.5. The van der Waals surface area contributed by atoms with E-state index in [9.17, 15) is 0 Å². The molecule has 1 aromatic heterocycles. The number of nitrogens with two attached hydrogens (primary N) is 1. The van der Waals surface area contributed by atoms with E-state index >= 15 is 0 Å². The van der Waals surface area contributed by atoms with Crippen LogP contribution in [-0.4, -0.2) is 9.78 Å². The van der Waals surface area contributed by atoms with E-state index in [-0.39, 0.29) is 0 Å². The van der Waals surface area contributed by atoms with Gasteiger partial charge in [-0.1, -0.05) is 30.3 Å². The molecule has 3 heteroatoms. The van der Waals surface area contributed by atoms with Gasteiger partial charge in [0.1, 0.15) is 0 Å². The molecule has 0 saturated heterocycles. The zero-order valence-corrected chi connectivity index (χ0v) is 8.63. The summed E-state index contributed by atoms with van der Waals surface area (Å²) >= 11 is 0. The van der Waals surface area contributed by atoms with E-state index in [0.29, 0.717) is 0 Å². The molecule has 0 aliphatic rings. The predicted octanol–water partition coefficient (Wildman–Crippen LogP) is 2.10. The van der Waals surface area contributed by atoms with Crippen LogP contribution < -0.4 is 5.73 Å². The van der Waals surface area contributed by atoms with Crippen LogP contribution in [-0.2, 0) is 13.0 Å². The highest BCUT2D eigenvalue weighted by Crippen LogP contribution is 2.04. The van der Waals surface area contributed by atoms with Crippen molar-refractivity contribution in [3.8, 4) is 0 Å². The zero-order valence-electron chi connectivity index (χ0n) is 8.63. The van der Waals surface area contributed by atoms with Gasteiger partial charge in [-0.3, -0.25) is 4.68 Å². The van der Waals surface area contributed by atoms with Crippen LogP contribution in [0, 0.1) is 0 Å². The third kappa shape index (κ3) is 2.84. The van der Waals surface area contributed by atoms with Crippen LogP contribution >= 0.6 is 0 Å². The fourth-order valence-electron chi connectivity index (χ4n) is 1.59. The van der Waals surface area contributed by atoms with Gasteiger partial charge in [0, 0.05) is 12.7 Å². The minimum Gasteiger partial charge on any atom is -0.396 e. The predicted molar refractivity (Wildman–Crippen MR) is 61.4 cm³/mol. The molecule has 0 bridgehead atoms. The standard InChI is InChI=1S/C12H15N3/c13-12-9-14-15(10-12)8-4-7-11-5-2-1-3-6-11/h1-3,5-6,9-10H,4,7-8,13H2. The summed E-state index contributed by atoms with van der Waals surface area (Å²) in [6.07, 6.45) is 5.72. The number of anilines is 1. The molecule has 0 spiro atoms. The van der Waals surface area contributed by atoms with Gasteiger partial charge in [0.25, 0.3) is 0 Å². The molecule has 15 heavy (non-hydrogen) atoms. The summed E-state index contributed by atoms with van der Waals surface area (Å²) in [6, 6.07) is 10.5. The lowest BCUT2D eigenvalue weighted by atomic mass is 10.1. The van der Waals surface area contributed by atoms with E-state index in [0.717, 1.165) is 25.1 Å². The normalized spacial score (nSPS) is 10.4. The van der Waals surface area contributed by atoms with Gasteiger partial charge in [0.05, 0.1) is 11.9 Å². The van der Waals surface area contributed by atoms with Gasteiger partial charge in [-0.15, -0.1) is 0 Å². The molecule has 0 aliphatic heterocycles. The maximum Gasteiger partial charge on any atom is 0.0719 e. The third-order valence-corrected chi connectivity index (χ3v) is 2.35. The summed E-state index contributed by atoms with van der Waals surface area (Å²) in [5.41, 5.74) is 7.68. The molecular weight excluding hydrogens is 186 g/mol. The molecule has 0 radical (unpaired) electrons. The molecule has 0 saturated carbocycles. The lowest BCUT2D eigenvalue weighted by Gasteiger charge is -2.01. The van der Waals surface area contributed by atoms with E-state index in [1.165, 1.54) is 5.56 Å². The molecule has 2 aromatic rings. The van der Waals surface area contributed by atoms with Crippen LogP contribution in [0.2, 0.25) is 0 Å². The Balaban J connectivity index is 1.80. The van der Waals surface area contributed by atoms with Gasteiger partial charge in [0.2, 0.25) is 0 Å². The maximum atomic E-state index is 5.58. The Morgan fingerprint density at radius 1 is 1.20 bits per heavy atom. The van der Waals surface area contributed by atoms with Crippen molar-refractivity contribution in [3.63, 3.8) is 0 Å². The number of aryl methyl sites for hydroxylation is 2. The van der Waals surface area contributed by atoms with Crippen LogP contribution in [0.3, 0.4) is 0 Å². The molecule has 2 rings (SSSR count). The van der Waals surface area contributed by atoms with Crippen molar-refractivity contribution >= 4 is 5.69 Å². The van der Waals surface area contributed by atoms with Gasteiger partial charge >= 0.3 is 0 Å². The monoisotopic (exact) mass is 201 g/mol. The Hall–Kier alpha value is -1.77. The van der Waals surface area contributed by atoms with Crippen molar-refractivity contribution in [1.29, 1.82) is 0 Å². The summed E-state index contributed by atoms with van der Waals surface area (Å²) in [5, 5.41) is 4.14. The van der Waals surface area contributed by atoms with Crippen molar-refractivity contribution in [2.75, 3.05) is 5.73 Å². The molecule has 2 N–H and O–H groups in total. The molecule has 0 atom stereocenters. The minimum absolute atomic E-state index is 0.731. The largest absolute Gasteiger partial charge is 0.396 e. The first kappa shape index (κ1) is 9.77. The fourth-order valence-corrected chi connectivity index (χ4v) is 1.59. The number of nitrogen functional groups attached to an aromatic ring is 1. The van der Waals surface area contributed by atoms with Gasteiger partial charge in [0.15, 0.2) is 0 Å². The maximum absolute atomic E-state index is 5.58. The summed E-state index contributed by atoms with van der Waals surface area (Å²) in [5.74, 6) is 0. The van der Waals surface area contributed by atoms with Crippen LogP contribution in [0.5, 0.6) is 0 Å². The van der Waals surface area contributed by atoms with E-state index in [1.807, 2.05) is 16.9 Å². The van der Waals surface area contributed by atoms with Crippen LogP contribution in [0.4, 0.5) is 5.69 Å². The summed E-state index contributed by atoms with van der Waals surface area (Å²) in [6.45, 7) is 0.923. The number of nitrogens with zero attached hydrogens (tertiary/aromatic N) is 2. The van der Waals surface area contributed by atoms with Gasteiger partial charge in [-0.05, 0) is 18.4 Å². The molecular formula is C12H15N3. The van der Waals surface area contributed by atoms with E-state index in [4.69, 9.17) is 5.73 Å². The molecule has 1 heterocycles. The average Bonchev–Trinajstić information content (AvgIpc) is 2.66. The number of hydrogen-bond acceptors (Lipinski definition) is 2. The Bertz CT molecular complexity index is 406. The number of benzene rings is 1. The highest BCUT2D eigenvalue weighted by Gasteiger charge is 1.95. The van der Waals surface area contributed by atoms with Crippen LogP contribution in [0.1, 0.15) is 12.0 Å². The Morgan fingerprint density at radius 3 is 2.67 bits per heavy atom. The van der Waals surface area contributed by atoms with Gasteiger partial charge in [-0.2, -0.15) is 5.10 Å². The first-order valence-corrected chi connectivity index (χ1v) is 5.16. The van der Waals surface area contributed by atoms with Crippen LogP contribution in [0.15, 0.2) is 42.7 Å². The molecule has 78 valence electrons. The molecule has 1 aromatic carbocycles. The van der Waals surface area contributed by atoms with E-state index in [2.05, 4.69) is 29.4 Å². The second kappa shape index (κ2) is 4.64. The average molecular weight is 201 g/mol. The molecule has 0 fully saturated rings. The van der Waals surface area contributed by atoms with Crippen molar-refractivity contribution in [1.82, 2.24) is 9.78 Å². The van der Waals surface area contributed by atoms with E-state index in [1.54, 1.807) is 6.20 Å². The second-order valence-corrected chi connectivity index (χ2v) is 3.63. The summed E-state index contributed by atoms with van der Waals surface area (Å²) < 4.78 is 1.89. The number of rotatable bonds is 4. The van der Waals surface area contributed by atoms with Crippen molar-refractivity contribution in [2.45, 2.75) is 19.4 Å². The first-order valence-electron chi connectivity index (χ1n) is 5.16. The van der Waals surface area contributed by atoms with Gasteiger partial charge in [-0.25, -0.2) is 0 Å². The highest BCUT2D eigenvalue weighted by atomic mass is 15.3. The SMILES string of the molecule is Nc1cnn(CCCc2ccccc2)c1. The highest BCUT2D eigenvalue weighted by molar-refractivity contribution is 5.30. The minimum atomic E-state index is 0.731. The Kier molecular flexibility index (Phi) is 3.02. The lowest BCUT2D eigenvalue weighted by Crippen LogP contribution is -1.99. The van der Waals surface area contributed by atoms with E-state index < -0.39 is 0 Å². The third-order valence-electron chi connectivity index (χ3n) is 2.35. The summed E-state index contributed by atoms with van der Waals surface area (Å²) in [4.78, 5) is 0. The van der Waals surface area contributed by atoms with Crippen molar-refractivity contribution < 1.29 is 0 Å². The lowest BCUT2D eigenvalue weighted by molar-refractivity contribution is 0.579. The Morgan fingerprint density at radius 2 is 2.00 bits per heavy atom. The second-order valence-electron chi connectivity index (χ2n) is 3.63.